The zero-order valence-electron chi connectivity index (χ0n) is 19.5. The summed E-state index contributed by atoms with van der Waals surface area (Å²) in [5.41, 5.74) is 4.83. The molecule has 170 valence electrons. The summed E-state index contributed by atoms with van der Waals surface area (Å²) in [6, 6.07) is 20.8. The van der Waals surface area contributed by atoms with Crippen LogP contribution in [0.5, 0.6) is 11.5 Å². The van der Waals surface area contributed by atoms with Crippen molar-refractivity contribution >= 4 is 16.9 Å². The molecule has 0 aliphatic rings. The average Bonchev–Trinajstić information content (AvgIpc) is 3.20. The molecule has 1 amide bonds. The van der Waals surface area contributed by atoms with Crippen LogP contribution in [0.25, 0.3) is 11.0 Å². The summed E-state index contributed by atoms with van der Waals surface area (Å²) in [5.74, 6) is 2.24. The summed E-state index contributed by atoms with van der Waals surface area (Å²) in [6.07, 6.45) is 0. The molecule has 0 aliphatic carbocycles. The summed E-state index contributed by atoms with van der Waals surface area (Å²) < 4.78 is 13.4. The Kier molecular flexibility index (Phi) is 6.63. The second-order valence-corrected chi connectivity index (χ2v) is 8.08. The van der Waals surface area contributed by atoms with E-state index in [1.54, 1.807) is 31.4 Å². The first kappa shape index (κ1) is 22.4. The molecule has 3 aromatic carbocycles. The number of carbonyl (C=O) groups is 1. The number of para-hydroxylation sites is 2. The zero-order valence-corrected chi connectivity index (χ0v) is 19.5. The second kappa shape index (κ2) is 9.77. The Morgan fingerprint density at radius 1 is 1.03 bits per heavy atom. The molecule has 1 heterocycles. The lowest BCUT2D eigenvalue weighted by molar-refractivity contribution is 0.0937. The number of benzene rings is 3. The molecule has 0 bridgehead atoms. The molecular weight excluding hydrogens is 414 g/mol. The van der Waals surface area contributed by atoms with E-state index in [4.69, 9.17) is 14.5 Å². The Hall–Kier alpha value is -3.80. The summed E-state index contributed by atoms with van der Waals surface area (Å²) in [5, 5.41) is 3.07. The van der Waals surface area contributed by atoms with E-state index in [1.165, 1.54) is 5.56 Å². The molecule has 0 spiro atoms. The fraction of sp³-hybridized carbons (Fsp3) is 0.259. The van der Waals surface area contributed by atoms with Crippen molar-refractivity contribution in [3.63, 3.8) is 0 Å². The first-order valence-electron chi connectivity index (χ1n) is 11.1. The Balaban J connectivity index is 1.53. The first-order valence-corrected chi connectivity index (χ1v) is 11.1. The Morgan fingerprint density at radius 3 is 2.55 bits per heavy atom. The van der Waals surface area contributed by atoms with E-state index in [0.717, 1.165) is 28.2 Å². The van der Waals surface area contributed by atoms with E-state index in [2.05, 4.69) is 29.8 Å². The van der Waals surface area contributed by atoms with Gasteiger partial charge in [0.25, 0.3) is 5.91 Å². The van der Waals surface area contributed by atoms with Crippen LogP contribution in [0.2, 0.25) is 0 Å². The van der Waals surface area contributed by atoms with Gasteiger partial charge in [-0.15, -0.1) is 0 Å². The van der Waals surface area contributed by atoms with Gasteiger partial charge in [-0.3, -0.25) is 4.79 Å². The van der Waals surface area contributed by atoms with Crippen LogP contribution in [0.4, 0.5) is 0 Å². The molecule has 1 unspecified atom stereocenters. The van der Waals surface area contributed by atoms with Crippen LogP contribution in [0.3, 0.4) is 0 Å². The monoisotopic (exact) mass is 443 g/mol. The summed E-state index contributed by atoms with van der Waals surface area (Å²) >= 11 is 0. The number of ether oxygens (including phenoxy) is 2. The van der Waals surface area contributed by atoms with Gasteiger partial charge in [-0.1, -0.05) is 24.3 Å². The van der Waals surface area contributed by atoms with E-state index in [-0.39, 0.29) is 11.9 Å². The van der Waals surface area contributed by atoms with Crippen LogP contribution in [0, 0.1) is 13.8 Å². The summed E-state index contributed by atoms with van der Waals surface area (Å²) in [4.78, 5) is 17.6. The smallest absolute Gasteiger partial charge is 0.251 e. The van der Waals surface area contributed by atoms with Crippen LogP contribution < -0.4 is 14.8 Å². The van der Waals surface area contributed by atoms with E-state index in [1.807, 2.05) is 43.3 Å². The number of amides is 1. The van der Waals surface area contributed by atoms with Crippen LogP contribution in [0.1, 0.15) is 40.3 Å². The maximum absolute atomic E-state index is 12.8. The molecule has 0 aliphatic heterocycles. The number of aromatic nitrogens is 2. The molecule has 1 aromatic heterocycles. The Morgan fingerprint density at radius 2 is 1.79 bits per heavy atom. The van der Waals surface area contributed by atoms with Crippen LogP contribution in [0.15, 0.2) is 66.7 Å². The number of methoxy groups -OCH3 is 1. The van der Waals surface area contributed by atoms with Crippen molar-refractivity contribution in [2.45, 2.75) is 33.4 Å². The van der Waals surface area contributed by atoms with Crippen molar-refractivity contribution in [1.82, 2.24) is 14.9 Å². The van der Waals surface area contributed by atoms with Crippen LogP contribution in [-0.2, 0) is 6.54 Å². The van der Waals surface area contributed by atoms with E-state index >= 15 is 0 Å². The molecule has 0 saturated heterocycles. The highest BCUT2D eigenvalue weighted by Crippen LogP contribution is 2.23. The fourth-order valence-electron chi connectivity index (χ4n) is 3.87. The third-order valence-electron chi connectivity index (χ3n) is 5.90. The third kappa shape index (κ3) is 4.85. The number of hydrogen-bond acceptors (Lipinski definition) is 4. The van der Waals surface area contributed by atoms with Gasteiger partial charge < -0.3 is 19.4 Å². The van der Waals surface area contributed by atoms with Gasteiger partial charge in [0, 0.05) is 5.56 Å². The molecule has 0 radical (unpaired) electrons. The predicted molar refractivity (Wildman–Crippen MR) is 130 cm³/mol. The minimum atomic E-state index is -0.285. The number of nitrogens with zero attached hydrogens (tertiary/aromatic N) is 2. The van der Waals surface area contributed by atoms with E-state index in [0.29, 0.717) is 24.5 Å². The van der Waals surface area contributed by atoms with Crippen molar-refractivity contribution in [3.05, 3.63) is 89.2 Å². The lowest BCUT2D eigenvalue weighted by atomic mass is 10.1. The van der Waals surface area contributed by atoms with Gasteiger partial charge in [-0.05, 0) is 74.4 Å². The molecule has 0 fully saturated rings. The molecule has 4 rings (SSSR count). The maximum Gasteiger partial charge on any atom is 0.251 e. The largest absolute Gasteiger partial charge is 0.497 e. The minimum Gasteiger partial charge on any atom is -0.497 e. The number of nitrogens with one attached hydrogen (secondary N) is 1. The number of rotatable bonds is 8. The standard InChI is InChI=1S/C27H29N3O3/c1-18-8-7-11-25(19(18)2)33-17-16-30-24-10-6-5-9-23(24)29-26(30)20(3)28-27(31)21-12-14-22(32-4)15-13-21/h5-15,20H,16-17H2,1-4H3,(H,28,31). The van der Waals surface area contributed by atoms with Crippen molar-refractivity contribution < 1.29 is 14.3 Å². The summed E-state index contributed by atoms with van der Waals surface area (Å²) in [7, 11) is 1.60. The quantitative estimate of drug-likeness (QED) is 0.405. The van der Waals surface area contributed by atoms with Gasteiger partial charge >= 0.3 is 0 Å². The van der Waals surface area contributed by atoms with Crippen molar-refractivity contribution in [2.24, 2.45) is 0 Å². The second-order valence-electron chi connectivity index (χ2n) is 8.08. The average molecular weight is 444 g/mol. The minimum absolute atomic E-state index is 0.157. The number of aryl methyl sites for hydroxylation is 1. The first-order chi connectivity index (χ1) is 16.0. The lowest BCUT2D eigenvalue weighted by Gasteiger charge is -2.17. The van der Waals surface area contributed by atoms with Gasteiger partial charge in [0.2, 0.25) is 0 Å². The topological polar surface area (TPSA) is 65.4 Å². The zero-order chi connectivity index (χ0) is 23.4. The molecule has 33 heavy (non-hydrogen) atoms. The Bertz CT molecular complexity index is 1260. The number of imidazole rings is 1. The molecular formula is C27H29N3O3. The highest BCUT2D eigenvalue weighted by molar-refractivity contribution is 5.94. The van der Waals surface area contributed by atoms with Crippen LogP contribution >= 0.6 is 0 Å². The number of fused-ring (bicyclic) bond motifs is 1. The van der Waals surface area contributed by atoms with Crippen molar-refractivity contribution in [1.29, 1.82) is 0 Å². The van der Waals surface area contributed by atoms with Gasteiger partial charge in [0.1, 0.15) is 23.9 Å². The third-order valence-corrected chi connectivity index (χ3v) is 5.90. The summed E-state index contributed by atoms with van der Waals surface area (Å²) in [6.45, 7) is 7.21. The van der Waals surface area contributed by atoms with Gasteiger partial charge in [-0.2, -0.15) is 0 Å². The lowest BCUT2D eigenvalue weighted by Crippen LogP contribution is -2.29. The highest BCUT2D eigenvalue weighted by atomic mass is 16.5. The fourth-order valence-corrected chi connectivity index (χ4v) is 3.87. The van der Waals surface area contributed by atoms with E-state index in [9.17, 15) is 4.79 Å². The number of hydrogen-bond donors (Lipinski definition) is 1. The maximum atomic E-state index is 12.8. The van der Waals surface area contributed by atoms with Crippen molar-refractivity contribution in [2.75, 3.05) is 13.7 Å². The molecule has 0 saturated carbocycles. The van der Waals surface area contributed by atoms with Gasteiger partial charge in [0.15, 0.2) is 0 Å². The normalized spacial score (nSPS) is 11.9. The molecule has 6 nitrogen and oxygen atoms in total. The molecule has 6 heteroatoms. The SMILES string of the molecule is COc1ccc(C(=O)NC(C)c2nc3ccccc3n2CCOc2cccc(C)c2C)cc1. The molecule has 4 aromatic rings. The van der Waals surface area contributed by atoms with Crippen molar-refractivity contribution in [3.8, 4) is 11.5 Å². The predicted octanol–water partition coefficient (Wildman–Crippen LogP) is 5.23. The molecule has 1 atom stereocenters. The molecule has 1 N–H and O–H groups in total. The van der Waals surface area contributed by atoms with Gasteiger partial charge in [-0.25, -0.2) is 4.98 Å². The number of carbonyl (C=O) groups excluding carboxylic acids is 1. The highest BCUT2D eigenvalue weighted by Gasteiger charge is 2.19. The van der Waals surface area contributed by atoms with Gasteiger partial charge in [0.05, 0.1) is 30.7 Å². The van der Waals surface area contributed by atoms with Crippen LogP contribution in [-0.4, -0.2) is 29.2 Å². The Labute approximate surface area is 194 Å². The van der Waals surface area contributed by atoms with E-state index < -0.39 is 0 Å².